The Labute approximate surface area is 189 Å². The van der Waals surface area contributed by atoms with E-state index in [1.54, 1.807) is 0 Å². The van der Waals surface area contributed by atoms with E-state index in [0.717, 1.165) is 23.0 Å². The summed E-state index contributed by atoms with van der Waals surface area (Å²) in [7, 11) is 0. The standard InChI is InChI=1S/C16H35N.C10H9N3O/c1-5-9-11-15(7-3)13-17-14-16(8-4)12-10-6-2;1-7-4-2-3-5-8(7)10-9(6-14)11-13-12-10/h15-17H,5-14H2,1-4H3;2-6H,1H3,(H,11,12,13). The summed E-state index contributed by atoms with van der Waals surface area (Å²) in [5.41, 5.74) is 2.96. The van der Waals surface area contributed by atoms with Crippen molar-refractivity contribution in [3.05, 3.63) is 35.5 Å². The number of hydrogen-bond donors (Lipinski definition) is 2. The number of benzene rings is 1. The van der Waals surface area contributed by atoms with E-state index in [2.05, 4.69) is 48.4 Å². The Kier molecular flexibility index (Phi) is 14.5. The van der Waals surface area contributed by atoms with Gasteiger partial charge in [0.25, 0.3) is 0 Å². The van der Waals surface area contributed by atoms with Gasteiger partial charge in [0.1, 0.15) is 5.69 Å². The van der Waals surface area contributed by atoms with Crippen molar-refractivity contribution < 1.29 is 4.79 Å². The first-order chi connectivity index (χ1) is 15.1. The van der Waals surface area contributed by atoms with Gasteiger partial charge in [-0.05, 0) is 50.3 Å². The molecule has 0 radical (unpaired) electrons. The number of aldehydes is 1. The summed E-state index contributed by atoms with van der Waals surface area (Å²) in [6.07, 6.45) is 11.6. The van der Waals surface area contributed by atoms with Gasteiger partial charge in [-0.15, -0.1) is 0 Å². The van der Waals surface area contributed by atoms with Crippen LogP contribution in [0.2, 0.25) is 0 Å². The predicted molar refractivity (Wildman–Crippen MR) is 131 cm³/mol. The highest BCUT2D eigenvalue weighted by atomic mass is 16.1. The quantitative estimate of drug-likeness (QED) is 0.332. The third kappa shape index (κ3) is 10.2. The molecule has 0 saturated heterocycles. The van der Waals surface area contributed by atoms with Gasteiger partial charge in [0.05, 0.1) is 0 Å². The van der Waals surface area contributed by atoms with E-state index in [9.17, 15) is 4.79 Å². The second-order valence-electron chi connectivity index (χ2n) is 8.48. The molecule has 2 aromatic rings. The molecule has 0 bridgehead atoms. The van der Waals surface area contributed by atoms with E-state index < -0.39 is 0 Å². The monoisotopic (exact) mass is 428 g/mol. The molecule has 174 valence electrons. The van der Waals surface area contributed by atoms with Crippen LogP contribution in [0.3, 0.4) is 0 Å². The third-order valence-corrected chi connectivity index (χ3v) is 6.04. The van der Waals surface area contributed by atoms with Crippen molar-refractivity contribution in [3.8, 4) is 11.3 Å². The number of carbonyl (C=O) groups is 1. The van der Waals surface area contributed by atoms with Crippen LogP contribution in [-0.2, 0) is 0 Å². The second-order valence-corrected chi connectivity index (χ2v) is 8.48. The van der Waals surface area contributed by atoms with Crippen LogP contribution < -0.4 is 5.32 Å². The molecule has 0 spiro atoms. The maximum atomic E-state index is 10.7. The number of H-pyrrole nitrogens is 1. The molecule has 1 aromatic heterocycles. The highest BCUT2D eigenvalue weighted by molar-refractivity contribution is 5.83. The summed E-state index contributed by atoms with van der Waals surface area (Å²) >= 11 is 0. The largest absolute Gasteiger partial charge is 0.316 e. The molecule has 31 heavy (non-hydrogen) atoms. The normalized spacial score (nSPS) is 12.7. The van der Waals surface area contributed by atoms with Gasteiger partial charge in [-0.25, -0.2) is 0 Å². The van der Waals surface area contributed by atoms with E-state index in [1.165, 1.54) is 64.5 Å². The van der Waals surface area contributed by atoms with Gasteiger partial charge in [0.15, 0.2) is 12.0 Å². The first-order valence-electron chi connectivity index (χ1n) is 12.2. The topological polar surface area (TPSA) is 70.7 Å². The van der Waals surface area contributed by atoms with E-state index >= 15 is 0 Å². The van der Waals surface area contributed by atoms with Crippen molar-refractivity contribution in [2.24, 2.45) is 11.8 Å². The molecule has 5 nitrogen and oxygen atoms in total. The molecule has 0 aliphatic carbocycles. The van der Waals surface area contributed by atoms with Gasteiger partial charge in [-0.2, -0.15) is 15.4 Å². The number of aryl methyl sites for hydroxylation is 1. The molecule has 2 unspecified atom stereocenters. The zero-order valence-electron chi connectivity index (χ0n) is 20.4. The number of rotatable bonds is 14. The van der Waals surface area contributed by atoms with Gasteiger partial charge >= 0.3 is 0 Å². The second kappa shape index (κ2) is 16.7. The fourth-order valence-corrected chi connectivity index (χ4v) is 3.74. The summed E-state index contributed by atoms with van der Waals surface area (Å²) < 4.78 is 0. The van der Waals surface area contributed by atoms with Crippen LogP contribution in [0, 0.1) is 18.8 Å². The Balaban J connectivity index is 0.000000314. The molecule has 2 N–H and O–H groups in total. The van der Waals surface area contributed by atoms with Gasteiger partial charge in [-0.1, -0.05) is 90.5 Å². The minimum Gasteiger partial charge on any atom is -0.316 e. The smallest absolute Gasteiger partial charge is 0.172 e. The van der Waals surface area contributed by atoms with Crippen molar-refractivity contribution in [3.63, 3.8) is 0 Å². The zero-order valence-corrected chi connectivity index (χ0v) is 20.4. The molecule has 2 atom stereocenters. The molecular formula is C26H44N4O. The van der Waals surface area contributed by atoms with Crippen LogP contribution in [0.4, 0.5) is 0 Å². The lowest BCUT2D eigenvalue weighted by atomic mass is 9.97. The third-order valence-electron chi connectivity index (χ3n) is 6.04. The summed E-state index contributed by atoms with van der Waals surface area (Å²) in [5, 5.41) is 13.8. The average molecular weight is 429 g/mol. The highest BCUT2D eigenvalue weighted by Crippen LogP contribution is 2.21. The lowest BCUT2D eigenvalue weighted by Crippen LogP contribution is -2.28. The van der Waals surface area contributed by atoms with Crippen LogP contribution in [0.1, 0.15) is 95.1 Å². The molecule has 5 heteroatoms. The Bertz CT molecular complexity index is 697. The first kappa shape index (κ1) is 27.0. The fraction of sp³-hybridized carbons (Fsp3) is 0.654. The average Bonchev–Trinajstić information content (AvgIpc) is 3.27. The molecule has 1 heterocycles. The minimum absolute atomic E-state index is 0.347. The van der Waals surface area contributed by atoms with Gasteiger partial charge < -0.3 is 5.32 Å². The molecule has 0 aliphatic heterocycles. The number of unbranched alkanes of at least 4 members (excludes halogenated alkanes) is 2. The number of aromatic nitrogens is 3. The summed E-state index contributed by atoms with van der Waals surface area (Å²) in [5.74, 6) is 1.80. The predicted octanol–water partition coefficient (Wildman–Crippen LogP) is 6.60. The lowest BCUT2D eigenvalue weighted by molar-refractivity contribution is 0.111. The van der Waals surface area contributed by atoms with Crippen molar-refractivity contribution >= 4 is 6.29 Å². The molecule has 1 aromatic carbocycles. The van der Waals surface area contributed by atoms with Crippen LogP contribution in [0.25, 0.3) is 11.3 Å². The van der Waals surface area contributed by atoms with Crippen molar-refractivity contribution in [2.45, 2.75) is 86.0 Å². The molecule has 0 saturated carbocycles. The van der Waals surface area contributed by atoms with Gasteiger partial charge in [0.2, 0.25) is 0 Å². The Hall–Kier alpha value is -2.01. The van der Waals surface area contributed by atoms with Crippen molar-refractivity contribution in [1.82, 2.24) is 20.7 Å². The van der Waals surface area contributed by atoms with Crippen LogP contribution in [0.5, 0.6) is 0 Å². The van der Waals surface area contributed by atoms with Gasteiger partial charge in [0, 0.05) is 5.56 Å². The van der Waals surface area contributed by atoms with Crippen molar-refractivity contribution in [2.75, 3.05) is 13.1 Å². The number of nitrogens with zero attached hydrogens (tertiary/aromatic N) is 2. The zero-order chi connectivity index (χ0) is 22.9. The van der Waals surface area contributed by atoms with Crippen molar-refractivity contribution in [1.29, 1.82) is 0 Å². The van der Waals surface area contributed by atoms with E-state index in [4.69, 9.17) is 0 Å². The summed E-state index contributed by atoms with van der Waals surface area (Å²) in [4.78, 5) is 10.7. The molecule has 0 amide bonds. The maximum Gasteiger partial charge on any atom is 0.172 e. The first-order valence-corrected chi connectivity index (χ1v) is 12.2. The summed E-state index contributed by atoms with van der Waals surface area (Å²) in [6.45, 7) is 13.7. The van der Waals surface area contributed by atoms with E-state index in [-0.39, 0.29) is 0 Å². The number of nitrogens with one attached hydrogen (secondary N) is 2. The number of hydrogen-bond acceptors (Lipinski definition) is 4. The van der Waals surface area contributed by atoms with E-state index in [1.807, 2.05) is 31.2 Å². The molecular weight excluding hydrogens is 384 g/mol. The number of aromatic amines is 1. The molecule has 2 rings (SSSR count). The van der Waals surface area contributed by atoms with Crippen LogP contribution in [-0.4, -0.2) is 34.8 Å². The Morgan fingerprint density at radius 3 is 2.00 bits per heavy atom. The Morgan fingerprint density at radius 2 is 1.52 bits per heavy atom. The molecule has 0 aliphatic rings. The molecule has 0 fully saturated rings. The SMILES string of the molecule is CCCCC(CC)CNCC(CC)CCCC.Cc1ccccc1-c1n[nH]nc1C=O. The fourth-order valence-electron chi connectivity index (χ4n) is 3.74. The Morgan fingerprint density at radius 1 is 0.935 bits per heavy atom. The van der Waals surface area contributed by atoms with Crippen LogP contribution in [0.15, 0.2) is 24.3 Å². The minimum atomic E-state index is 0.347. The number of carbonyl (C=O) groups excluding carboxylic acids is 1. The highest BCUT2D eigenvalue weighted by Gasteiger charge is 2.10. The lowest BCUT2D eigenvalue weighted by Gasteiger charge is -2.19. The van der Waals surface area contributed by atoms with E-state index in [0.29, 0.717) is 17.7 Å². The van der Waals surface area contributed by atoms with Gasteiger partial charge in [-0.3, -0.25) is 4.79 Å². The van der Waals surface area contributed by atoms with Crippen LogP contribution >= 0.6 is 0 Å². The maximum absolute atomic E-state index is 10.7. The summed E-state index contributed by atoms with van der Waals surface area (Å²) in [6, 6.07) is 7.74.